The molecule has 5 N–H and O–H groups in total. The van der Waals surface area contributed by atoms with Gasteiger partial charge in [-0.25, -0.2) is 0 Å². The number of pyridine rings is 1. The van der Waals surface area contributed by atoms with Crippen LogP contribution in [0.4, 0.5) is 0 Å². The molecule has 2 heterocycles. The van der Waals surface area contributed by atoms with Crippen LogP contribution in [0.2, 0.25) is 0 Å². The maximum absolute atomic E-state index is 11.7. The summed E-state index contributed by atoms with van der Waals surface area (Å²) in [7, 11) is 0. The lowest BCUT2D eigenvalue weighted by atomic mass is 10.2. The van der Waals surface area contributed by atoms with Gasteiger partial charge in [-0.2, -0.15) is 0 Å². The van der Waals surface area contributed by atoms with Crippen molar-refractivity contribution in [2.24, 2.45) is 0 Å². The van der Waals surface area contributed by atoms with E-state index >= 15 is 0 Å². The zero-order valence-corrected chi connectivity index (χ0v) is 17.3. The number of nitrogens with one attached hydrogen (secondary N) is 3. The molecular formula is C20H35N5O4. The third kappa shape index (κ3) is 9.62. The summed E-state index contributed by atoms with van der Waals surface area (Å²) >= 11 is 0. The van der Waals surface area contributed by atoms with Crippen molar-refractivity contribution in [2.45, 2.75) is 45.2 Å². The van der Waals surface area contributed by atoms with E-state index in [1.54, 1.807) is 0 Å². The van der Waals surface area contributed by atoms with E-state index in [2.05, 4.69) is 20.9 Å². The number of fused-ring (bicyclic) bond motifs is 2. The van der Waals surface area contributed by atoms with E-state index in [0.717, 1.165) is 50.5 Å². The van der Waals surface area contributed by atoms with Crippen molar-refractivity contribution in [3.63, 3.8) is 0 Å². The van der Waals surface area contributed by atoms with Gasteiger partial charge in [0.2, 0.25) is 0 Å². The van der Waals surface area contributed by atoms with Crippen LogP contribution in [0.1, 0.15) is 31.2 Å². The van der Waals surface area contributed by atoms with Gasteiger partial charge in [-0.3, -0.25) is 14.7 Å². The lowest BCUT2D eigenvalue weighted by Crippen LogP contribution is -2.43. The number of aromatic nitrogens is 1. The topological polar surface area (TPSA) is 119 Å². The van der Waals surface area contributed by atoms with Crippen LogP contribution in [-0.2, 0) is 22.6 Å². The van der Waals surface area contributed by atoms with Crippen LogP contribution in [0.5, 0.6) is 0 Å². The summed E-state index contributed by atoms with van der Waals surface area (Å²) in [6, 6.07) is 6.02. The fourth-order valence-corrected chi connectivity index (χ4v) is 3.23. The third-order valence-electron chi connectivity index (χ3n) is 4.69. The number of aliphatic hydroxyl groups excluding tert-OH is 2. The Bertz CT molecular complexity index is 604. The molecule has 0 aromatic carbocycles. The van der Waals surface area contributed by atoms with E-state index in [1.165, 1.54) is 6.92 Å². The molecule has 0 saturated heterocycles. The van der Waals surface area contributed by atoms with Gasteiger partial charge in [0.05, 0.1) is 24.1 Å². The molecule has 29 heavy (non-hydrogen) atoms. The second-order valence-corrected chi connectivity index (χ2v) is 7.26. The lowest BCUT2D eigenvalue weighted by molar-refractivity contribution is -0.158. The first-order chi connectivity index (χ1) is 14.1. The van der Waals surface area contributed by atoms with Gasteiger partial charge in [-0.05, 0) is 31.5 Å². The average Bonchev–Trinajstić information content (AvgIpc) is 2.70. The Morgan fingerprint density at radius 1 is 1.31 bits per heavy atom. The van der Waals surface area contributed by atoms with Gasteiger partial charge in [0.15, 0.2) is 6.23 Å². The molecule has 0 radical (unpaired) electrons. The quantitative estimate of drug-likeness (QED) is 0.263. The lowest BCUT2D eigenvalue weighted by Gasteiger charge is -2.31. The average molecular weight is 410 g/mol. The molecule has 9 nitrogen and oxygen atoms in total. The van der Waals surface area contributed by atoms with Gasteiger partial charge in [-0.15, -0.1) is 0 Å². The molecule has 2 rings (SSSR count). The normalized spacial score (nSPS) is 18.3. The Labute approximate surface area is 172 Å². The summed E-state index contributed by atoms with van der Waals surface area (Å²) in [4.78, 5) is 18.6. The van der Waals surface area contributed by atoms with Crippen LogP contribution in [0.3, 0.4) is 0 Å². The Kier molecular flexibility index (Phi) is 11.1. The number of nitrogens with zero attached hydrogens (tertiary/aromatic N) is 2. The second-order valence-electron chi connectivity index (χ2n) is 7.26. The highest BCUT2D eigenvalue weighted by molar-refractivity contribution is 5.66. The molecule has 0 amide bonds. The SMILES string of the molecule is CC(=O)OC(CCCNCC(O)CO)N1CCNCCNCc2cccc(n2)C1. The van der Waals surface area contributed by atoms with Crippen molar-refractivity contribution in [1.29, 1.82) is 0 Å². The standard InChI is InChI=1S/C20H35N5O4/c1-16(27)29-20(6-3-7-22-13-19(28)15-26)25-11-10-21-8-9-23-12-17-4-2-5-18(14-25)24-17/h2,4-5,19-23,26,28H,3,6-15H2,1H3. The zero-order valence-electron chi connectivity index (χ0n) is 17.3. The number of ether oxygens (including phenoxy) is 1. The molecule has 2 bridgehead atoms. The Morgan fingerprint density at radius 2 is 2.10 bits per heavy atom. The van der Waals surface area contributed by atoms with Crippen LogP contribution < -0.4 is 16.0 Å². The minimum atomic E-state index is -0.756. The van der Waals surface area contributed by atoms with E-state index in [9.17, 15) is 9.90 Å². The molecule has 1 aromatic heterocycles. The molecule has 0 saturated carbocycles. The van der Waals surface area contributed by atoms with E-state index in [0.29, 0.717) is 26.1 Å². The predicted octanol–water partition coefficient (Wildman–Crippen LogP) is -0.811. The molecular weight excluding hydrogens is 374 g/mol. The highest BCUT2D eigenvalue weighted by Gasteiger charge is 2.22. The summed E-state index contributed by atoms with van der Waals surface area (Å²) in [6.45, 7) is 6.77. The smallest absolute Gasteiger partial charge is 0.304 e. The maximum atomic E-state index is 11.7. The predicted molar refractivity (Wildman–Crippen MR) is 110 cm³/mol. The molecule has 0 spiro atoms. The molecule has 0 fully saturated rings. The summed E-state index contributed by atoms with van der Waals surface area (Å²) in [5.41, 5.74) is 1.95. The number of carbonyl (C=O) groups is 1. The van der Waals surface area contributed by atoms with Crippen molar-refractivity contribution in [3.8, 4) is 0 Å². The van der Waals surface area contributed by atoms with Gasteiger partial charge >= 0.3 is 5.97 Å². The van der Waals surface area contributed by atoms with E-state index in [-0.39, 0.29) is 18.8 Å². The van der Waals surface area contributed by atoms with Crippen molar-refractivity contribution in [3.05, 3.63) is 29.6 Å². The van der Waals surface area contributed by atoms with Crippen molar-refractivity contribution >= 4 is 5.97 Å². The molecule has 2 atom stereocenters. The van der Waals surface area contributed by atoms with Crippen LogP contribution in [0, 0.1) is 0 Å². The number of esters is 1. The fourth-order valence-electron chi connectivity index (χ4n) is 3.23. The Hall–Kier alpha value is -1.62. The van der Waals surface area contributed by atoms with E-state index < -0.39 is 6.10 Å². The first kappa shape index (κ1) is 23.7. The number of rotatable bonds is 9. The zero-order chi connectivity index (χ0) is 20.9. The third-order valence-corrected chi connectivity index (χ3v) is 4.69. The summed E-state index contributed by atoms with van der Waals surface area (Å²) < 4.78 is 5.64. The number of aliphatic hydroxyl groups is 2. The highest BCUT2D eigenvalue weighted by atomic mass is 16.6. The Balaban J connectivity index is 2.00. The van der Waals surface area contributed by atoms with Gasteiger partial charge in [0, 0.05) is 52.7 Å². The first-order valence-corrected chi connectivity index (χ1v) is 10.4. The van der Waals surface area contributed by atoms with Crippen LogP contribution >= 0.6 is 0 Å². The maximum Gasteiger partial charge on any atom is 0.304 e. The molecule has 1 aliphatic heterocycles. The molecule has 164 valence electrons. The Morgan fingerprint density at radius 3 is 2.90 bits per heavy atom. The molecule has 2 unspecified atom stereocenters. The second kappa shape index (κ2) is 13.6. The van der Waals surface area contributed by atoms with Crippen molar-refractivity contribution in [1.82, 2.24) is 25.8 Å². The first-order valence-electron chi connectivity index (χ1n) is 10.4. The van der Waals surface area contributed by atoms with Crippen molar-refractivity contribution < 1.29 is 19.7 Å². The van der Waals surface area contributed by atoms with Crippen molar-refractivity contribution in [2.75, 3.05) is 45.9 Å². The van der Waals surface area contributed by atoms with E-state index in [1.807, 2.05) is 18.2 Å². The summed E-state index contributed by atoms with van der Waals surface area (Å²) in [6.07, 6.45) is 0.346. The van der Waals surface area contributed by atoms with Gasteiger partial charge < -0.3 is 30.9 Å². The largest absolute Gasteiger partial charge is 0.447 e. The van der Waals surface area contributed by atoms with E-state index in [4.69, 9.17) is 14.8 Å². The highest BCUT2D eigenvalue weighted by Crippen LogP contribution is 2.14. The van der Waals surface area contributed by atoms with Crippen LogP contribution in [-0.4, -0.2) is 84.3 Å². The number of hydrogen-bond donors (Lipinski definition) is 5. The molecule has 1 aromatic rings. The molecule has 0 aliphatic carbocycles. The summed E-state index contributed by atoms with van der Waals surface area (Å²) in [5, 5.41) is 28.2. The number of hydrogen-bond acceptors (Lipinski definition) is 9. The fraction of sp³-hybridized carbons (Fsp3) is 0.700. The van der Waals surface area contributed by atoms with Gasteiger partial charge in [0.1, 0.15) is 0 Å². The van der Waals surface area contributed by atoms with Crippen LogP contribution in [0.15, 0.2) is 18.2 Å². The van der Waals surface area contributed by atoms with Gasteiger partial charge in [0.25, 0.3) is 0 Å². The molecule has 1 aliphatic rings. The molecule has 9 heteroatoms. The van der Waals surface area contributed by atoms with Crippen LogP contribution in [0.25, 0.3) is 0 Å². The minimum absolute atomic E-state index is 0.258. The minimum Gasteiger partial charge on any atom is -0.447 e. The number of carbonyl (C=O) groups excluding carboxylic acids is 1. The van der Waals surface area contributed by atoms with Gasteiger partial charge in [-0.1, -0.05) is 6.07 Å². The summed E-state index contributed by atoms with van der Waals surface area (Å²) in [5.74, 6) is -0.302. The monoisotopic (exact) mass is 409 g/mol.